The molecular formula is C13H11NS. The number of rotatable bonds is 1. The van der Waals surface area contributed by atoms with Crippen molar-refractivity contribution in [1.82, 2.24) is 0 Å². The van der Waals surface area contributed by atoms with Crippen molar-refractivity contribution < 1.29 is 0 Å². The lowest BCUT2D eigenvalue weighted by Crippen LogP contribution is -1.98. The van der Waals surface area contributed by atoms with Gasteiger partial charge in [0.25, 0.3) is 0 Å². The minimum absolute atomic E-state index is 0.132. The lowest BCUT2D eigenvalue weighted by molar-refractivity contribution is 1.45. The molecule has 0 amide bonds. The maximum absolute atomic E-state index is 9.22. The first-order valence-electron chi connectivity index (χ1n) is 4.73. The minimum Gasteiger partial charge on any atom is -0.192 e. The van der Waals surface area contributed by atoms with E-state index >= 15 is 0 Å². The molecule has 0 unspecified atom stereocenters. The number of nitriles is 1. The lowest BCUT2D eigenvalue weighted by Gasteiger charge is -2.05. The standard InChI is InChI=1S/C13H11NS/c1-11-6-2-3-7-12(11)13(10-14)15-8-4-5-9-15/h2-9H,1H3. The predicted octanol–water partition coefficient (Wildman–Crippen LogP) is 3.35. The van der Waals surface area contributed by atoms with Gasteiger partial charge in [-0.1, -0.05) is 36.4 Å². The average molecular weight is 213 g/mol. The Morgan fingerprint density at radius 1 is 1.20 bits per heavy atom. The van der Waals surface area contributed by atoms with Gasteiger partial charge in [0, 0.05) is 5.56 Å². The van der Waals surface area contributed by atoms with Crippen LogP contribution in [0.2, 0.25) is 0 Å². The largest absolute Gasteiger partial charge is 0.192 e. The van der Waals surface area contributed by atoms with Crippen LogP contribution in [-0.2, 0) is 0 Å². The van der Waals surface area contributed by atoms with E-state index in [0.717, 1.165) is 16.0 Å². The zero-order valence-electron chi connectivity index (χ0n) is 8.47. The monoisotopic (exact) mass is 213 g/mol. The SMILES string of the molecule is Cc1ccccc1C(C#N)=S1C=CC=C1. The smallest absolute Gasteiger partial charge is 0.107 e. The van der Waals surface area contributed by atoms with Crippen molar-refractivity contribution in [3.05, 3.63) is 58.4 Å². The summed E-state index contributed by atoms with van der Waals surface area (Å²) in [7, 11) is -0.132. The summed E-state index contributed by atoms with van der Waals surface area (Å²) in [6.07, 6.45) is 4.00. The molecule has 2 heteroatoms. The van der Waals surface area contributed by atoms with Gasteiger partial charge < -0.3 is 0 Å². The van der Waals surface area contributed by atoms with Gasteiger partial charge in [-0.3, -0.25) is 0 Å². The molecule has 15 heavy (non-hydrogen) atoms. The molecule has 0 fully saturated rings. The molecule has 1 aromatic carbocycles. The normalized spacial score (nSPS) is 14.1. The average Bonchev–Trinajstić information content (AvgIpc) is 2.75. The van der Waals surface area contributed by atoms with Crippen molar-refractivity contribution in [3.8, 4) is 6.07 Å². The molecule has 0 saturated heterocycles. The molecule has 2 rings (SSSR count). The Labute approximate surface area is 92.3 Å². The van der Waals surface area contributed by atoms with Crippen LogP contribution in [0.5, 0.6) is 0 Å². The van der Waals surface area contributed by atoms with Gasteiger partial charge >= 0.3 is 0 Å². The molecule has 0 atom stereocenters. The predicted molar refractivity (Wildman–Crippen MR) is 66.8 cm³/mol. The van der Waals surface area contributed by atoms with Gasteiger partial charge in [-0.25, -0.2) is 0 Å². The molecule has 1 aliphatic rings. The number of hydrogen-bond acceptors (Lipinski definition) is 1. The lowest BCUT2D eigenvalue weighted by atomic mass is 10.1. The molecular weight excluding hydrogens is 202 g/mol. The van der Waals surface area contributed by atoms with E-state index in [1.165, 1.54) is 0 Å². The van der Waals surface area contributed by atoms with Crippen LogP contribution in [0.1, 0.15) is 11.1 Å². The van der Waals surface area contributed by atoms with Gasteiger partial charge in [0.1, 0.15) is 6.07 Å². The fourth-order valence-electron chi connectivity index (χ4n) is 1.51. The van der Waals surface area contributed by atoms with E-state index in [1.807, 2.05) is 43.3 Å². The molecule has 1 nitrogen and oxygen atoms in total. The summed E-state index contributed by atoms with van der Waals surface area (Å²) in [6, 6.07) is 10.4. The number of aryl methyl sites for hydroxylation is 1. The van der Waals surface area contributed by atoms with E-state index in [1.54, 1.807) is 0 Å². The van der Waals surface area contributed by atoms with Crippen LogP contribution in [0.3, 0.4) is 0 Å². The summed E-state index contributed by atoms with van der Waals surface area (Å²) in [6.45, 7) is 2.04. The van der Waals surface area contributed by atoms with Crippen molar-refractivity contribution >= 4 is 15.3 Å². The van der Waals surface area contributed by atoms with Gasteiger partial charge in [0.05, 0.1) is 4.86 Å². The fourth-order valence-corrected chi connectivity index (χ4v) is 2.98. The van der Waals surface area contributed by atoms with Crippen molar-refractivity contribution in [1.29, 1.82) is 5.26 Å². The third-order valence-electron chi connectivity index (χ3n) is 2.29. The van der Waals surface area contributed by atoms with Gasteiger partial charge in [0.2, 0.25) is 0 Å². The van der Waals surface area contributed by atoms with Gasteiger partial charge in [0.15, 0.2) is 0 Å². The Morgan fingerprint density at radius 3 is 2.47 bits per heavy atom. The Kier molecular flexibility index (Phi) is 2.84. The van der Waals surface area contributed by atoms with E-state index < -0.39 is 0 Å². The van der Waals surface area contributed by atoms with Crippen molar-refractivity contribution in [3.63, 3.8) is 0 Å². The highest BCUT2D eigenvalue weighted by Gasteiger charge is 2.07. The first-order chi connectivity index (χ1) is 7.33. The molecule has 74 valence electrons. The Balaban J connectivity index is 2.60. The molecule has 0 aromatic heterocycles. The Morgan fingerprint density at radius 2 is 1.87 bits per heavy atom. The quantitative estimate of drug-likeness (QED) is 0.518. The van der Waals surface area contributed by atoms with Crippen molar-refractivity contribution in [2.75, 3.05) is 0 Å². The topological polar surface area (TPSA) is 23.8 Å². The van der Waals surface area contributed by atoms with E-state index in [-0.39, 0.29) is 10.5 Å². The third-order valence-corrected chi connectivity index (χ3v) is 3.97. The summed E-state index contributed by atoms with van der Waals surface area (Å²) in [5, 5.41) is 13.4. The second kappa shape index (κ2) is 4.29. The molecule has 0 bridgehead atoms. The van der Waals surface area contributed by atoms with Crippen LogP contribution in [0, 0.1) is 18.3 Å². The van der Waals surface area contributed by atoms with Gasteiger partial charge in [-0.2, -0.15) is 5.26 Å². The number of hydrogen-bond donors (Lipinski definition) is 0. The molecule has 1 aromatic rings. The minimum atomic E-state index is -0.132. The number of nitrogens with zero attached hydrogens (tertiary/aromatic N) is 1. The highest BCUT2D eigenvalue weighted by atomic mass is 32.2. The van der Waals surface area contributed by atoms with E-state index in [4.69, 9.17) is 0 Å². The molecule has 0 N–H and O–H groups in total. The summed E-state index contributed by atoms with van der Waals surface area (Å²) >= 11 is 0. The summed E-state index contributed by atoms with van der Waals surface area (Å²) in [4.78, 5) is 0.859. The first-order valence-corrected chi connectivity index (χ1v) is 6.08. The molecule has 1 aliphatic heterocycles. The van der Waals surface area contributed by atoms with Crippen molar-refractivity contribution in [2.24, 2.45) is 0 Å². The second-order valence-corrected chi connectivity index (χ2v) is 4.98. The van der Waals surface area contributed by atoms with Gasteiger partial charge in [-0.15, -0.1) is 10.5 Å². The molecule has 0 spiro atoms. The van der Waals surface area contributed by atoms with E-state index in [9.17, 15) is 5.26 Å². The second-order valence-electron chi connectivity index (χ2n) is 3.28. The van der Waals surface area contributed by atoms with E-state index in [2.05, 4.69) is 16.9 Å². The van der Waals surface area contributed by atoms with Crippen LogP contribution in [0.25, 0.3) is 0 Å². The fraction of sp³-hybridized carbons (Fsp3) is 0.0769. The van der Waals surface area contributed by atoms with Crippen LogP contribution in [0.4, 0.5) is 0 Å². The first kappa shape index (κ1) is 9.95. The Hall–Kier alpha value is -1.59. The maximum Gasteiger partial charge on any atom is 0.107 e. The Bertz CT molecular complexity index is 502. The van der Waals surface area contributed by atoms with Crippen LogP contribution in [0.15, 0.2) is 47.2 Å². The molecule has 0 aliphatic carbocycles. The van der Waals surface area contributed by atoms with Gasteiger partial charge in [-0.05, 0) is 23.3 Å². The molecule has 0 radical (unpaired) electrons. The summed E-state index contributed by atoms with van der Waals surface area (Å²) in [5.74, 6) is 0. The highest BCUT2D eigenvalue weighted by Crippen LogP contribution is 2.27. The van der Waals surface area contributed by atoms with E-state index in [0.29, 0.717) is 0 Å². The molecule has 0 saturated carbocycles. The van der Waals surface area contributed by atoms with Crippen LogP contribution < -0.4 is 0 Å². The van der Waals surface area contributed by atoms with Crippen LogP contribution >= 0.6 is 10.5 Å². The zero-order valence-corrected chi connectivity index (χ0v) is 9.29. The maximum atomic E-state index is 9.22. The van der Waals surface area contributed by atoms with Crippen molar-refractivity contribution in [2.45, 2.75) is 6.92 Å². The summed E-state index contributed by atoms with van der Waals surface area (Å²) < 4.78 is 0. The van der Waals surface area contributed by atoms with Crippen LogP contribution in [-0.4, -0.2) is 4.86 Å². The summed E-state index contributed by atoms with van der Waals surface area (Å²) in [5.41, 5.74) is 2.23. The zero-order chi connectivity index (χ0) is 10.7. The third kappa shape index (κ3) is 1.93. The number of allylic oxidation sites excluding steroid dienone is 2. The molecule has 1 heterocycles. The number of benzene rings is 1. The highest BCUT2D eigenvalue weighted by molar-refractivity contribution is 8.21.